The maximum absolute atomic E-state index is 12.1. The second-order valence-electron chi connectivity index (χ2n) is 5.71. The molecule has 0 saturated heterocycles. The van der Waals surface area contributed by atoms with Crippen molar-refractivity contribution in [2.45, 2.75) is 39.2 Å². The van der Waals surface area contributed by atoms with Crippen molar-refractivity contribution < 1.29 is 4.79 Å². The number of rotatable bonds is 7. The van der Waals surface area contributed by atoms with Crippen molar-refractivity contribution in [2.24, 2.45) is 5.92 Å². The van der Waals surface area contributed by atoms with Gasteiger partial charge in [0.05, 0.1) is 0 Å². The standard InChI is InChI=1S/C16H22BrNO/c1-12(2)18(11-13-3-4-13)10-9-16(19)14-5-7-15(17)8-6-14/h5-8,12-13H,3-4,9-11H2,1-2H3. The van der Waals surface area contributed by atoms with Crippen LogP contribution in [0.1, 0.15) is 43.5 Å². The molecule has 0 aliphatic heterocycles. The molecule has 2 nitrogen and oxygen atoms in total. The summed E-state index contributed by atoms with van der Waals surface area (Å²) >= 11 is 3.39. The number of carbonyl (C=O) groups is 1. The lowest BCUT2D eigenvalue weighted by atomic mass is 10.1. The number of nitrogens with zero attached hydrogens (tertiary/aromatic N) is 1. The fourth-order valence-corrected chi connectivity index (χ4v) is 2.48. The summed E-state index contributed by atoms with van der Waals surface area (Å²) in [7, 11) is 0. The highest BCUT2D eigenvalue weighted by molar-refractivity contribution is 9.10. The smallest absolute Gasteiger partial charge is 0.164 e. The van der Waals surface area contributed by atoms with Crippen LogP contribution in [0.15, 0.2) is 28.7 Å². The topological polar surface area (TPSA) is 20.3 Å². The first-order valence-electron chi connectivity index (χ1n) is 7.09. The zero-order valence-corrected chi connectivity index (χ0v) is 13.3. The molecular weight excluding hydrogens is 302 g/mol. The molecular formula is C16H22BrNO. The van der Waals surface area contributed by atoms with E-state index in [1.54, 1.807) is 0 Å². The van der Waals surface area contributed by atoms with E-state index in [9.17, 15) is 4.79 Å². The molecule has 19 heavy (non-hydrogen) atoms. The fraction of sp³-hybridized carbons (Fsp3) is 0.562. The molecule has 1 aliphatic rings. The lowest BCUT2D eigenvalue weighted by molar-refractivity contribution is 0.0953. The van der Waals surface area contributed by atoms with Crippen LogP contribution < -0.4 is 0 Å². The number of hydrogen-bond acceptors (Lipinski definition) is 2. The molecule has 1 aromatic carbocycles. The molecule has 0 spiro atoms. The van der Waals surface area contributed by atoms with E-state index in [2.05, 4.69) is 34.7 Å². The van der Waals surface area contributed by atoms with Gasteiger partial charge in [-0.2, -0.15) is 0 Å². The first kappa shape index (κ1) is 14.7. The normalized spacial score (nSPS) is 15.2. The van der Waals surface area contributed by atoms with E-state index in [4.69, 9.17) is 0 Å². The third kappa shape index (κ3) is 4.73. The maximum Gasteiger partial charge on any atom is 0.164 e. The van der Waals surface area contributed by atoms with Gasteiger partial charge in [-0.25, -0.2) is 0 Å². The van der Waals surface area contributed by atoms with Crippen LogP contribution >= 0.6 is 15.9 Å². The van der Waals surface area contributed by atoms with Crippen LogP contribution in [0, 0.1) is 5.92 Å². The molecule has 0 radical (unpaired) electrons. The highest BCUT2D eigenvalue weighted by Gasteiger charge is 2.25. The molecule has 0 unspecified atom stereocenters. The Hall–Kier alpha value is -0.670. The van der Waals surface area contributed by atoms with Crippen molar-refractivity contribution in [1.82, 2.24) is 4.90 Å². The van der Waals surface area contributed by atoms with Crippen molar-refractivity contribution >= 4 is 21.7 Å². The molecule has 1 aromatic rings. The molecule has 0 amide bonds. The molecule has 1 fully saturated rings. The van der Waals surface area contributed by atoms with Crippen LogP contribution in [-0.2, 0) is 0 Å². The van der Waals surface area contributed by atoms with Gasteiger partial charge in [0, 0.05) is 35.6 Å². The minimum Gasteiger partial charge on any atom is -0.300 e. The Balaban J connectivity index is 1.85. The molecule has 0 N–H and O–H groups in total. The lowest BCUT2D eigenvalue weighted by Crippen LogP contribution is -2.34. The molecule has 3 heteroatoms. The number of Topliss-reactive ketones (excluding diaryl/α,β-unsaturated/α-hetero) is 1. The number of ketones is 1. The minimum absolute atomic E-state index is 0.244. The van der Waals surface area contributed by atoms with Crippen molar-refractivity contribution in [3.8, 4) is 0 Å². The molecule has 1 aliphatic carbocycles. The van der Waals surface area contributed by atoms with E-state index in [1.807, 2.05) is 24.3 Å². The summed E-state index contributed by atoms with van der Waals surface area (Å²) in [4.78, 5) is 14.6. The minimum atomic E-state index is 0.244. The Morgan fingerprint density at radius 2 is 1.95 bits per heavy atom. The second kappa shape index (κ2) is 6.67. The third-order valence-corrected chi connectivity index (χ3v) is 4.24. The first-order valence-corrected chi connectivity index (χ1v) is 7.88. The Labute approximate surface area is 124 Å². The van der Waals surface area contributed by atoms with E-state index in [-0.39, 0.29) is 5.78 Å². The van der Waals surface area contributed by atoms with Crippen LogP contribution in [0.3, 0.4) is 0 Å². The van der Waals surface area contributed by atoms with Crippen LogP contribution in [0.2, 0.25) is 0 Å². The average molecular weight is 324 g/mol. The molecule has 0 atom stereocenters. The van der Waals surface area contributed by atoms with Gasteiger partial charge >= 0.3 is 0 Å². The zero-order valence-electron chi connectivity index (χ0n) is 11.7. The Morgan fingerprint density at radius 3 is 2.47 bits per heavy atom. The summed E-state index contributed by atoms with van der Waals surface area (Å²) in [6, 6.07) is 8.17. The number of benzene rings is 1. The molecule has 0 bridgehead atoms. The lowest BCUT2D eigenvalue weighted by Gasteiger charge is -2.26. The van der Waals surface area contributed by atoms with Gasteiger partial charge in [-0.3, -0.25) is 4.79 Å². The van der Waals surface area contributed by atoms with Gasteiger partial charge < -0.3 is 4.90 Å². The predicted octanol–water partition coefficient (Wildman–Crippen LogP) is 4.14. The highest BCUT2D eigenvalue weighted by atomic mass is 79.9. The Morgan fingerprint density at radius 1 is 1.32 bits per heavy atom. The van der Waals surface area contributed by atoms with E-state index in [0.717, 1.165) is 29.0 Å². The number of hydrogen-bond donors (Lipinski definition) is 0. The van der Waals surface area contributed by atoms with Gasteiger partial charge in [0.15, 0.2) is 5.78 Å². The van der Waals surface area contributed by atoms with Crippen molar-refractivity contribution in [3.05, 3.63) is 34.3 Å². The van der Waals surface area contributed by atoms with Gasteiger partial charge in [-0.1, -0.05) is 28.1 Å². The molecule has 0 aromatic heterocycles. The van der Waals surface area contributed by atoms with Crippen LogP contribution in [0.25, 0.3) is 0 Å². The van der Waals surface area contributed by atoms with Gasteiger partial charge in [0.1, 0.15) is 0 Å². The van der Waals surface area contributed by atoms with Gasteiger partial charge in [0.25, 0.3) is 0 Å². The predicted molar refractivity (Wildman–Crippen MR) is 82.5 cm³/mol. The van der Waals surface area contributed by atoms with E-state index in [0.29, 0.717) is 12.5 Å². The summed E-state index contributed by atoms with van der Waals surface area (Å²) in [5, 5.41) is 0. The van der Waals surface area contributed by atoms with E-state index < -0.39 is 0 Å². The summed E-state index contributed by atoms with van der Waals surface area (Å²) in [6.07, 6.45) is 3.35. The monoisotopic (exact) mass is 323 g/mol. The van der Waals surface area contributed by atoms with Crippen molar-refractivity contribution in [1.29, 1.82) is 0 Å². The van der Waals surface area contributed by atoms with Crippen LogP contribution in [-0.4, -0.2) is 29.8 Å². The van der Waals surface area contributed by atoms with Crippen LogP contribution in [0.5, 0.6) is 0 Å². The van der Waals surface area contributed by atoms with E-state index in [1.165, 1.54) is 12.8 Å². The summed E-state index contributed by atoms with van der Waals surface area (Å²) in [5.41, 5.74) is 0.818. The van der Waals surface area contributed by atoms with Gasteiger partial charge in [-0.05, 0) is 44.7 Å². The SMILES string of the molecule is CC(C)N(CCC(=O)c1ccc(Br)cc1)CC1CC1. The largest absolute Gasteiger partial charge is 0.300 e. The molecule has 0 heterocycles. The second-order valence-corrected chi connectivity index (χ2v) is 6.63. The summed E-state index contributed by atoms with van der Waals surface area (Å²) in [6.45, 7) is 6.47. The Kier molecular flexibility index (Phi) is 5.17. The van der Waals surface area contributed by atoms with Gasteiger partial charge in [0.2, 0.25) is 0 Å². The Bertz CT molecular complexity index is 423. The first-order chi connectivity index (χ1) is 9.06. The molecule has 104 valence electrons. The maximum atomic E-state index is 12.1. The molecule has 2 rings (SSSR count). The third-order valence-electron chi connectivity index (χ3n) is 3.71. The summed E-state index contributed by atoms with van der Waals surface area (Å²) in [5.74, 6) is 1.12. The summed E-state index contributed by atoms with van der Waals surface area (Å²) < 4.78 is 1.02. The van der Waals surface area contributed by atoms with Crippen LogP contribution in [0.4, 0.5) is 0 Å². The average Bonchev–Trinajstić information content (AvgIpc) is 3.18. The quantitative estimate of drug-likeness (QED) is 0.703. The van der Waals surface area contributed by atoms with E-state index >= 15 is 0 Å². The molecule has 1 saturated carbocycles. The van der Waals surface area contributed by atoms with Crippen molar-refractivity contribution in [2.75, 3.05) is 13.1 Å². The van der Waals surface area contributed by atoms with Gasteiger partial charge in [-0.15, -0.1) is 0 Å². The fourth-order valence-electron chi connectivity index (χ4n) is 2.22. The number of halogens is 1. The highest BCUT2D eigenvalue weighted by Crippen LogP contribution is 2.30. The van der Waals surface area contributed by atoms with Crippen molar-refractivity contribution in [3.63, 3.8) is 0 Å². The number of carbonyl (C=O) groups excluding carboxylic acids is 1. The zero-order chi connectivity index (χ0) is 13.8.